The van der Waals surface area contributed by atoms with E-state index in [0.717, 1.165) is 6.07 Å². The number of rotatable bonds is 0. The average molecular weight is 218 g/mol. The summed E-state index contributed by atoms with van der Waals surface area (Å²) in [5.74, 6) is 0. The monoisotopic (exact) mass is 218 g/mol. The van der Waals surface area contributed by atoms with Crippen molar-refractivity contribution in [1.29, 1.82) is 0 Å². The lowest BCUT2D eigenvalue weighted by Gasteiger charge is -2.07. The van der Waals surface area contributed by atoms with Gasteiger partial charge in [0.05, 0.1) is 17.4 Å². The first-order valence-corrected chi connectivity index (χ1v) is 4.16. The number of benzene rings is 1. The van der Waals surface area contributed by atoms with Crippen LogP contribution < -0.4 is 0 Å². The Hall–Kier alpha value is -1.17. The van der Waals surface area contributed by atoms with Crippen molar-refractivity contribution >= 4 is 23.7 Å². The highest BCUT2D eigenvalue weighted by atomic mass is 32.1. The first-order valence-electron chi connectivity index (χ1n) is 3.72. The van der Waals surface area contributed by atoms with Gasteiger partial charge in [-0.05, 0) is 12.1 Å². The van der Waals surface area contributed by atoms with Gasteiger partial charge in [0.25, 0.3) is 0 Å². The number of thiol groups is 1. The van der Waals surface area contributed by atoms with Crippen LogP contribution in [0, 0.1) is 0 Å². The summed E-state index contributed by atoms with van der Waals surface area (Å²) in [4.78, 5) is 6.49. The summed E-state index contributed by atoms with van der Waals surface area (Å²) in [5.41, 5.74) is -0.499. The highest BCUT2D eigenvalue weighted by Crippen LogP contribution is 2.34. The van der Waals surface area contributed by atoms with E-state index in [9.17, 15) is 13.2 Å². The maximum absolute atomic E-state index is 12.5. The third-order valence-electron chi connectivity index (χ3n) is 1.81. The summed E-state index contributed by atoms with van der Waals surface area (Å²) in [6.45, 7) is 0. The minimum atomic E-state index is -4.40. The van der Waals surface area contributed by atoms with Gasteiger partial charge in [0.2, 0.25) is 0 Å². The number of aromatic amines is 1. The summed E-state index contributed by atoms with van der Waals surface area (Å²) in [5, 5.41) is 0. The molecule has 0 unspecified atom stereocenters. The van der Waals surface area contributed by atoms with E-state index >= 15 is 0 Å². The predicted molar refractivity (Wildman–Crippen MR) is 48.3 cm³/mol. The van der Waals surface area contributed by atoms with Crippen LogP contribution in [0.1, 0.15) is 5.56 Å². The molecule has 74 valence electrons. The largest absolute Gasteiger partial charge is 0.418 e. The molecular weight excluding hydrogens is 213 g/mol. The molecule has 2 nitrogen and oxygen atoms in total. The summed E-state index contributed by atoms with van der Waals surface area (Å²) in [6.07, 6.45) is -3.17. The molecule has 0 fully saturated rings. The van der Waals surface area contributed by atoms with E-state index in [1.807, 2.05) is 0 Å². The van der Waals surface area contributed by atoms with Crippen molar-refractivity contribution < 1.29 is 13.2 Å². The number of nitrogens with one attached hydrogen (secondary N) is 1. The quantitative estimate of drug-likeness (QED) is 0.654. The van der Waals surface area contributed by atoms with Crippen molar-refractivity contribution in [3.05, 3.63) is 24.0 Å². The number of H-pyrrole nitrogens is 1. The van der Waals surface area contributed by atoms with Gasteiger partial charge >= 0.3 is 6.18 Å². The van der Waals surface area contributed by atoms with E-state index in [1.54, 1.807) is 0 Å². The van der Waals surface area contributed by atoms with Crippen LogP contribution in [-0.4, -0.2) is 9.97 Å². The van der Waals surface area contributed by atoms with Crippen molar-refractivity contribution in [2.75, 3.05) is 0 Å². The van der Waals surface area contributed by atoms with Crippen molar-refractivity contribution in [3.8, 4) is 0 Å². The molecule has 0 saturated carbocycles. The molecular formula is C8H5F3N2S. The van der Waals surface area contributed by atoms with Gasteiger partial charge in [-0.25, -0.2) is 4.98 Å². The smallest absolute Gasteiger partial charge is 0.345 e. The summed E-state index contributed by atoms with van der Waals surface area (Å²) < 4.78 is 37.5. The maximum atomic E-state index is 12.5. The van der Waals surface area contributed by atoms with E-state index in [-0.39, 0.29) is 10.4 Å². The highest BCUT2D eigenvalue weighted by Gasteiger charge is 2.33. The molecule has 2 aromatic rings. The molecule has 0 amide bonds. The second kappa shape index (κ2) is 2.91. The molecule has 1 heterocycles. The molecule has 14 heavy (non-hydrogen) atoms. The van der Waals surface area contributed by atoms with Crippen LogP contribution in [0.2, 0.25) is 0 Å². The molecule has 0 spiro atoms. The number of aromatic nitrogens is 2. The second-order valence-electron chi connectivity index (χ2n) is 2.79. The lowest BCUT2D eigenvalue weighted by Crippen LogP contribution is -2.05. The van der Waals surface area contributed by atoms with Gasteiger partial charge in [0.1, 0.15) is 5.52 Å². The summed E-state index contributed by atoms with van der Waals surface area (Å²) in [7, 11) is 0. The lowest BCUT2D eigenvalue weighted by molar-refractivity contribution is -0.136. The molecule has 1 aromatic heterocycles. The third-order valence-corrected chi connectivity index (χ3v) is 2.07. The van der Waals surface area contributed by atoms with Crippen LogP contribution in [0.4, 0.5) is 13.2 Å². The van der Waals surface area contributed by atoms with E-state index in [0.29, 0.717) is 5.52 Å². The minimum Gasteiger partial charge on any atom is -0.345 e. The normalized spacial score (nSPS) is 12.3. The van der Waals surface area contributed by atoms with E-state index < -0.39 is 11.7 Å². The third kappa shape index (κ3) is 1.45. The Bertz CT molecular complexity index is 475. The second-order valence-corrected chi connectivity index (χ2v) is 3.31. The van der Waals surface area contributed by atoms with Crippen LogP contribution in [-0.2, 0) is 6.18 Å². The van der Waals surface area contributed by atoms with Gasteiger partial charge in [0.15, 0.2) is 0 Å². The maximum Gasteiger partial charge on any atom is 0.418 e. The molecule has 0 aliphatic rings. The first kappa shape index (κ1) is 9.39. The van der Waals surface area contributed by atoms with Gasteiger partial charge in [-0.15, -0.1) is 12.6 Å². The van der Waals surface area contributed by atoms with Gasteiger partial charge in [0, 0.05) is 4.90 Å². The van der Waals surface area contributed by atoms with E-state index in [4.69, 9.17) is 0 Å². The van der Waals surface area contributed by atoms with Crippen molar-refractivity contribution in [1.82, 2.24) is 9.97 Å². The molecule has 1 N–H and O–H groups in total. The first-order chi connectivity index (χ1) is 6.48. The summed E-state index contributed by atoms with van der Waals surface area (Å²) >= 11 is 3.89. The molecule has 0 bridgehead atoms. The Morgan fingerprint density at radius 3 is 2.64 bits per heavy atom. The molecule has 1 aromatic carbocycles. The van der Waals surface area contributed by atoms with Crippen molar-refractivity contribution in [2.24, 2.45) is 0 Å². The van der Waals surface area contributed by atoms with Crippen LogP contribution in [0.25, 0.3) is 11.0 Å². The Kier molecular flexibility index (Phi) is 1.95. The van der Waals surface area contributed by atoms with Crippen LogP contribution in [0.15, 0.2) is 23.4 Å². The van der Waals surface area contributed by atoms with Crippen molar-refractivity contribution in [3.63, 3.8) is 0 Å². The van der Waals surface area contributed by atoms with Gasteiger partial charge in [-0.1, -0.05) is 0 Å². The van der Waals surface area contributed by atoms with Gasteiger partial charge in [-0.3, -0.25) is 0 Å². The number of hydrogen-bond acceptors (Lipinski definition) is 2. The zero-order valence-corrected chi connectivity index (χ0v) is 7.65. The molecule has 2 rings (SSSR count). The van der Waals surface area contributed by atoms with Crippen LogP contribution in [0.3, 0.4) is 0 Å². The SMILES string of the molecule is FC(F)(F)c1cc(S)cc2[nH]cnc12. The molecule has 0 radical (unpaired) electrons. The Morgan fingerprint density at radius 1 is 1.29 bits per heavy atom. The van der Waals surface area contributed by atoms with Crippen LogP contribution in [0.5, 0.6) is 0 Å². The average Bonchev–Trinajstić information content (AvgIpc) is 2.47. The zero-order chi connectivity index (χ0) is 10.3. The number of hydrogen-bond donors (Lipinski definition) is 2. The number of alkyl halides is 3. The number of nitrogens with zero attached hydrogens (tertiary/aromatic N) is 1. The predicted octanol–water partition coefficient (Wildman–Crippen LogP) is 2.87. The lowest BCUT2D eigenvalue weighted by atomic mass is 10.2. The standard InChI is InChI=1S/C8H5F3N2S/c9-8(10,11)5-1-4(14)2-6-7(5)13-3-12-6/h1-3,14H,(H,12,13). The topological polar surface area (TPSA) is 28.7 Å². The van der Waals surface area contributed by atoms with E-state index in [1.165, 1.54) is 12.4 Å². The highest BCUT2D eigenvalue weighted by molar-refractivity contribution is 7.80. The van der Waals surface area contributed by atoms with Gasteiger partial charge < -0.3 is 4.98 Å². The number of imidazole rings is 1. The molecule has 6 heteroatoms. The molecule has 0 aliphatic carbocycles. The Labute approximate surface area is 82.6 Å². The Morgan fingerprint density at radius 2 is 2.00 bits per heavy atom. The summed E-state index contributed by atoms with van der Waals surface area (Å²) in [6, 6.07) is 2.47. The fourth-order valence-electron chi connectivity index (χ4n) is 1.25. The molecule has 0 atom stereocenters. The van der Waals surface area contributed by atoms with Gasteiger partial charge in [-0.2, -0.15) is 13.2 Å². The zero-order valence-electron chi connectivity index (χ0n) is 6.76. The minimum absolute atomic E-state index is 0.0738. The van der Waals surface area contributed by atoms with E-state index in [2.05, 4.69) is 22.6 Å². The number of fused-ring (bicyclic) bond motifs is 1. The van der Waals surface area contributed by atoms with Crippen molar-refractivity contribution in [2.45, 2.75) is 11.1 Å². The molecule has 0 saturated heterocycles. The Balaban J connectivity index is 2.80. The van der Waals surface area contributed by atoms with Crippen LogP contribution >= 0.6 is 12.6 Å². The fourth-order valence-corrected chi connectivity index (χ4v) is 1.51. The number of halogens is 3. The fraction of sp³-hybridized carbons (Fsp3) is 0.125. The molecule has 0 aliphatic heterocycles.